The lowest BCUT2D eigenvalue weighted by atomic mass is 10.0. The van der Waals surface area contributed by atoms with Gasteiger partial charge in [0, 0.05) is 25.3 Å². The number of amides is 2. The number of piperidine rings is 1. The monoisotopic (exact) mass is 418 g/mol. The molecule has 2 saturated heterocycles. The number of likely N-dealkylation sites (tertiary alicyclic amines) is 1. The lowest BCUT2D eigenvalue weighted by molar-refractivity contribution is -0.146. The number of nitrogens with zero attached hydrogens (tertiary/aromatic N) is 4. The molecule has 0 aromatic carbocycles. The second-order valence-corrected chi connectivity index (χ2v) is 7.96. The van der Waals surface area contributed by atoms with Crippen molar-refractivity contribution in [2.24, 2.45) is 0 Å². The standard InChI is InChI=1S/C19H22N4O5S/c1-27-18(25)15-12-28-19(26)23(15)13-4-7-21(8-5-13)17(24)11-22-9-6-14(20-22)16-3-2-10-29-16/h2-3,6,9-10,13,15H,4-5,7-8,11-12H2,1H3/t15-/m0/s1. The van der Waals surface area contributed by atoms with Gasteiger partial charge in [0.2, 0.25) is 5.91 Å². The quantitative estimate of drug-likeness (QED) is 0.685. The minimum absolute atomic E-state index is 0.0104. The Bertz CT molecular complexity index is 888. The third kappa shape index (κ3) is 3.98. The van der Waals surface area contributed by atoms with E-state index in [4.69, 9.17) is 9.47 Å². The van der Waals surface area contributed by atoms with Crippen LogP contribution in [0.2, 0.25) is 0 Å². The summed E-state index contributed by atoms with van der Waals surface area (Å²) in [5.74, 6) is -0.493. The number of ether oxygens (including phenoxy) is 2. The van der Waals surface area contributed by atoms with Gasteiger partial charge in [0.1, 0.15) is 18.8 Å². The van der Waals surface area contributed by atoms with Gasteiger partial charge in [-0.25, -0.2) is 9.59 Å². The van der Waals surface area contributed by atoms with Gasteiger partial charge in [0.15, 0.2) is 6.04 Å². The smallest absolute Gasteiger partial charge is 0.410 e. The van der Waals surface area contributed by atoms with Crippen LogP contribution in [0.1, 0.15) is 12.8 Å². The molecule has 9 nitrogen and oxygen atoms in total. The predicted molar refractivity (Wildman–Crippen MR) is 104 cm³/mol. The van der Waals surface area contributed by atoms with Crippen LogP contribution in [0, 0.1) is 0 Å². The third-order valence-electron chi connectivity index (χ3n) is 5.31. The fourth-order valence-corrected chi connectivity index (χ4v) is 4.48. The number of carbonyl (C=O) groups is 3. The largest absolute Gasteiger partial charge is 0.467 e. The van der Waals surface area contributed by atoms with E-state index in [0.29, 0.717) is 25.9 Å². The Labute approximate surface area is 171 Å². The second kappa shape index (κ2) is 8.24. The molecule has 2 aromatic rings. The average molecular weight is 418 g/mol. The van der Waals surface area contributed by atoms with Gasteiger partial charge < -0.3 is 14.4 Å². The SMILES string of the molecule is COC(=O)[C@@H]1COC(=O)N1C1CCN(C(=O)Cn2ccc(-c3cccs3)n2)CC1. The number of methoxy groups -OCH3 is 1. The topological polar surface area (TPSA) is 94.0 Å². The fourth-order valence-electron chi connectivity index (χ4n) is 3.79. The molecule has 154 valence electrons. The zero-order valence-corrected chi connectivity index (χ0v) is 16.8. The fraction of sp³-hybridized carbons (Fsp3) is 0.474. The zero-order valence-electron chi connectivity index (χ0n) is 16.0. The number of aromatic nitrogens is 2. The summed E-state index contributed by atoms with van der Waals surface area (Å²) < 4.78 is 11.5. The van der Waals surface area contributed by atoms with E-state index in [1.165, 1.54) is 12.0 Å². The Morgan fingerprint density at radius 3 is 2.79 bits per heavy atom. The molecule has 0 N–H and O–H groups in total. The number of cyclic esters (lactones) is 1. The Balaban J connectivity index is 1.33. The molecular formula is C19H22N4O5S. The van der Waals surface area contributed by atoms with Crippen LogP contribution >= 0.6 is 11.3 Å². The van der Waals surface area contributed by atoms with Crippen LogP contribution in [-0.2, 0) is 25.6 Å². The molecule has 2 aliphatic rings. The van der Waals surface area contributed by atoms with Crippen LogP contribution in [0.4, 0.5) is 4.79 Å². The van der Waals surface area contributed by atoms with E-state index in [1.54, 1.807) is 27.1 Å². The Kier molecular flexibility index (Phi) is 5.52. The minimum atomic E-state index is -0.709. The maximum atomic E-state index is 12.7. The summed E-state index contributed by atoms with van der Waals surface area (Å²) >= 11 is 1.61. The van der Waals surface area contributed by atoms with E-state index in [9.17, 15) is 14.4 Å². The molecule has 29 heavy (non-hydrogen) atoms. The van der Waals surface area contributed by atoms with Gasteiger partial charge >= 0.3 is 12.1 Å². The van der Waals surface area contributed by atoms with Crippen LogP contribution in [0.5, 0.6) is 0 Å². The highest BCUT2D eigenvalue weighted by Crippen LogP contribution is 2.25. The van der Waals surface area contributed by atoms with Gasteiger partial charge in [-0.05, 0) is 30.4 Å². The van der Waals surface area contributed by atoms with Crippen LogP contribution in [0.25, 0.3) is 10.6 Å². The van der Waals surface area contributed by atoms with Crippen molar-refractivity contribution in [3.63, 3.8) is 0 Å². The molecule has 2 aromatic heterocycles. The first-order valence-electron chi connectivity index (χ1n) is 9.45. The lowest BCUT2D eigenvalue weighted by Crippen LogP contribution is -2.52. The summed E-state index contributed by atoms with van der Waals surface area (Å²) in [5.41, 5.74) is 0.855. The molecule has 10 heteroatoms. The number of rotatable bonds is 5. The second-order valence-electron chi connectivity index (χ2n) is 7.01. The van der Waals surface area contributed by atoms with E-state index in [-0.39, 0.29) is 25.1 Å². The third-order valence-corrected chi connectivity index (χ3v) is 6.20. The number of carbonyl (C=O) groups excluding carboxylic acids is 3. The van der Waals surface area contributed by atoms with Gasteiger partial charge in [-0.2, -0.15) is 5.10 Å². The number of hydrogen-bond acceptors (Lipinski definition) is 7. The lowest BCUT2D eigenvalue weighted by Gasteiger charge is -2.37. The maximum Gasteiger partial charge on any atom is 0.410 e. The van der Waals surface area contributed by atoms with E-state index in [1.807, 2.05) is 23.6 Å². The van der Waals surface area contributed by atoms with Crippen molar-refractivity contribution in [2.45, 2.75) is 31.5 Å². The van der Waals surface area contributed by atoms with Crippen molar-refractivity contribution < 1.29 is 23.9 Å². The van der Waals surface area contributed by atoms with Crippen LogP contribution in [0.3, 0.4) is 0 Å². The molecule has 0 radical (unpaired) electrons. The summed E-state index contributed by atoms with van der Waals surface area (Å²) in [4.78, 5) is 40.9. The van der Waals surface area contributed by atoms with Crippen LogP contribution in [-0.4, -0.2) is 76.4 Å². The van der Waals surface area contributed by atoms with E-state index >= 15 is 0 Å². The highest BCUT2D eigenvalue weighted by molar-refractivity contribution is 7.13. The van der Waals surface area contributed by atoms with E-state index in [0.717, 1.165) is 10.6 Å². The predicted octanol–water partition coefficient (Wildman–Crippen LogP) is 1.60. The van der Waals surface area contributed by atoms with Gasteiger partial charge in [0.05, 0.1) is 12.0 Å². The highest BCUT2D eigenvalue weighted by Gasteiger charge is 2.44. The molecule has 4 heterocycles. The Morgan fingerprint density at radius 2 is 2.10 bits per heavy atom. The van der Waals surface area contributed by atoms with Crippen LogP contribution < -0.4 is 0 Å². The molecule has 4 rings (SSSR count). The molecular weight excluding hydrogens is 396 g/mol. The highest BCUT2D eigenvalue weighted by atomic mass is 32.1. The molecule has 0 bridgehead atoms. The van der Waals surface area contributed by atoms with Gasteiger partial charge in [-0.15, -0.1) is 11.3 Å². The van der Waals surface area contributed by atoms with Crippen LogP contribution in [0.15, 0.2) is 29.8 Å². The van der Waals surface area contributed by atoms with Crippen molar-refractivity contribution in [1.29, 1.82) is 0 Å². The Morgan fingerprint density at radius 1 is 1.31 bits per heavy atom. The zero-order chi connectivity index (χ0) is 20.4. The molecule has 0 aliphatic carbocycles. The molecule has 0 unspecified atom stereocenters. The summed E-state index contributed by atoms with van der Waals surface area (Å²) in [5, 5.41) is 6.46. The van der Waals surface area contributed by atoms with Crippen molar-refractivity contribution >= 4 is 29.3 Å². The number of esters is 1. The van der Waals surface area contributed by atoms with E-state index < -0.39 is 18.1 Å². The molecule has 2 aliphatic heterocycles. The van der Waals surface area contributed by atoms with Gasteiger partial charge in [0.25, 0.3) is 0 Å². The molecule has 1 atom stereocenters. The molecule has 2 fully saturated rings. The van der Waals surface area contributed by atoms with Gasteiger partial charge in [-0.3, -0.25) is 14.4 Å². The Hall–Kier alpha value is -2.88. The van der Waals surface area contributed by atoms with Crippen molar-refractivity contribution in [3.05, 3.63) is 29.8 Å². The molecule has 0 saturated carbocycles. The summed E-state index contributed by atoms with van der Waals surface area (Å²) in [6.45, 7) is 1.21. The summed E-state index contributed by atoms with van der Waals surface area (Å²) in [6.07, 6.45) is 2.49. The average Bonchev–Trinajstić information content (AvgIpc) is 3.48. The minimum Gasteiger partial charge on any atom is -0.467 e. The molecule has 2 amide bonds. The summed E-state index contributed by atoms with van der Waals surface area (Å²) in [7, 11) is 1.30. The van der Waals surface area contributed by atoms with Gasteiger partial charge in [-0.1, -0.05) is 6.07 Å². The normalized spacial score (nSPS) is 20.0. The summed E-state index contributed by atoms with van der Waals surface area (Å²) in [6, 6.07) is 5.01. The van der Waals surface area contributed by atoms with Crippen molar-refractivity contribution in [1.82, 2.24) is 19.6 Å². The maximum absolute atomic E-state index is 12.7. The first-order chi connectivity index (χ1) is 14.1. The van der Waals surface area contributed by atoms with Crippen molar-refractivity contribution in [2.75, 3.05) is 26.8 Å². The van der Waals surface area contributed by atoms with Crippen molar-refractivity contribution in [3.8, 4) is 10.6 Å². The number of hydrogen-bond donors (Lipinski definition) is 0. The first kappa shape index (κ1) is 19.4. The first-order valence-corrected chi connectivity index (χ1v) is 10.3. The number of thiophene rings is 1. The molecule has 0 spiro atoms. The van der Waals surface area contributed by atoms with E-state index in [2.05, 4.69) is 5.10 Å².